The molecule has 0 fully saturated rings. The maximum absolute atomic E-state index is 11.5. The van der Waals surface area contributed by atoms with Gasteiger partial charge in [-0.05, 0) is 53.0 Å². The van der Waals surface area contributed by atoms with Crippen molar-refractivity contribution >= 4 is 43.7 Å². The molecular formula is C16H12Br2O2. The molecule has 0 aliphatic rings. The van der Waals surface area contributed by atoms with Crippen LogP contribution in [0.2, 0.25) is 0 Å². The fourth-order valence-electron chi connectivity index (χ4n) is 1.68. The zero-order chi connectivity index (χ0) is 14.4. The lowest BCUT2D eigenvalue weighted by Crippen LogP contribution is -1.99. The van der Waals surface area contributed by atoms with E-state index in [1.807, 2.05) is 30.3 Å². The number of carbonyl (C=O) groups is 1. The van der Waals surface area contributed by atoms with Gasteiger partial charge in [-0.3, -0.25) is 4.79 Å². The van der Waals surface area contributed by atoms with E-state index in [2.05, 4.69) is 31.9 Å². The van der Waals surface area contributed by atoms with E-state index in [0.717, 1.165) is 11.3 Å². The zero-order valence-electron chi connectivity index (χ0n) is 10.6. The van der Waals surface area contributed by atoms with Gasteiger partial charge in [0.15, 0.2) is 5.78 Å². The molecule has 0 aromatic heterocycles. The first kappa shape index (κ1) is 15.0. The SMILES string of the molecule is O=C(CBr)c1ccc(Oc2cccc(C=CBr)c2)cc1. The average Bonchev–Trinajstić information content (AvgIpc) is 2.48. The minimum atomic E-state index is 0.0565. The van der Waals surface area contributed by atoms with E-state index in [1.165, 1.54) is 0 Å². The summed E-state index contributed by atoms with van der Waals surface area (Å²) in [5.41, 5.74) is 1.72. The molecule has 0 aliphatic carbocycles. The fraction of sp³-hybridized carbons (Fsp3) is 0.0625. The Labute approximate surface area is 134 Å². The van der Waals surface area contributed by atoms with E-state index >= 15 is 0 Å². The molecule has 0 heterocycles. The van der Waals surface area contributed by atoms with Crippen molar-refractivity contribution in [2.75, 3.05) is 5.33 Å². The van der Waals surface area contributed by atoms with Crippen LogP contribution in [0.5, 0.6) is 11.5 Å². The second-order valence-electron chi connectivity index (χ2n) is 4.05. The number of Topliss-reactive ketones (excluding diaryl/α,β-unsaturated/α-hetero) is 1. The van der Waals surface area contributed by atoms with Gasteiger partial charge in [0.05, 0.1) is 5.33 Å². The van der Waals surface area contributed by atoms with Crippen molar-refractivity contribution in [2.24, 2.45) is 0 Å². The van der Waals surface area contributed by atoms with Crippen LogP contribution in [0.4, 0.5) is 0 Å². The third-order valence-electron chi connectivity index (χ3n) is 2.65. The Hall–Kier alpha value is -1.39. The molecule has 0 saturated carbocycles. The Morgan fingerprint density at radius 3 is 2.50 bits per heavy atom. The molecule has 0 radical (unpaired) electrons. The maximum Gasteiger partial charge on any atom is 0.173 e. The van der Waals surface area contributed by atoms with Crippen LogP contribution in [0.25, 0.3) is 6.08 Å². The Morgan fingerprint density at radius 2 is 1.85 bits per heavy atom. The van der Waals surface area contributed by atoms with Crippen molar-refractivity contribution in [3.8, 4) is 11.5 Å². The number of rotatable bonds is 5. The van der Waals surface area contributed by atoms with Gasteiger partial charge in [-0.15, -0.1) is 0 Å². The highest BCUT2D eigenvalue weighted by molar-refractivity contribution is 9.11. The molecule has 4 heteroatoms. The Kier molecular flexibility index (Phi) is 5.56. The summed E-state index contributed by atoms with van der Waals surface area (Å²) in [7, 11) is 0. The van der Waals surface area contributed by atoms with Gasteiger partial charge in [0.2, 0.25) is 0 Å². The highest BCUT2D eigenvalue weighted by Crippen LogP contribution is 2.23. The summed E-state index contributed by atoms with van der Waals surface area (Å²) in [6, 6.07) is 14.9. The van der Waals surface area contributed by atoms with Gasteiger partial charge < -0.3 is 4.74 Å². The summed E-state index contributed by atoms with van der Waals surface area (Å²) in [6.45, 7) is 0. The topological polar surface area (TPSA) is 26.3 Å². The highest BCUT2D eigenvalue weighted by atomic mass is 79.9. The smallest absolute Gasteiger partial charge is 0.173 e. The third kappa shape index (κ3) is 4.05. The standard InChI is InChI=1S/C16H12Br2O2/c17-9-8-12-2-1-3-15(10-12)20-14-6-4-13(5-7-14)16(19)11-18/h1-10H,11H2. The average molecular weight is 396 g/mol. The van der Waals surface area contributed by atoms with E-state index in [9.17, 15) is 4.79 Å². The maximum atomic E-state index is 11.5. The lowest BCUT2D eigenvalue weighted by atomic mass is 10.1. The number of ketones is 1. The third-order valence-corrected chi connectivity index (χ3v) is 3.42. The van der Waals surface area contributed by atoms with E-state index in [4.69, 9.17) is 4.74 Å². The predicted octanol–water partition coefficient (Wildman–Crippen LogP) is 5.42. The van der Waals surface area contributed by atoms with Crippen LogP contribution < -0.4 is 4.74 Å². The second kappa shape index (κ2) is 7.41. The second-order valence-corrected chi connectivity index (χ2v) is 5.14. The molecule has 102 valence electrons. The lowest BCUT2D eigenvalue weighted by molar-refractivity contribution is 0.102. The summed E-state index contributed by atoms with van der Waals surface area (Å²) in [4.78, 5) is 13.3. The first-order valence-corrected chi connectivity index (χ1v) is 8.00. The van der Waals surface area contributed by atoms with Crippen LogP contribution in [0.15, 0.2) is 53.5 Å². The quantitative estimate of drug-likeness (QED) is 0.498. The molecule has 0 unspecified atom stereocenters. The van der Waals surface area contributed by atoms with Crippen molar-refractivity contribution in [3.63, 3.8) is 0 Å². The zero-order valence-corrected chi connectivity index (χ0v) is 13.7. The van der Waals surface area contributed by atoms with E-state index in [-0.39, 0.29) is 5.78 Å². The van der Waals surface area contributed by atoms with Crippen LogP contribution >= 0.6 is 31.9 Å². The number of hydrogen-bond donors (Lipinski definition) is 0. The van der Waals surface area contributed by atoms with Gasteiger partial charge in [0.1, 0.15) is 11.5 Å². The number of benzene rings is 2. The molecule has 2 rings (SSSR count). The van der Waals surface area contributed by atoms with Crippen molar-refractivity contribution < 1.29 is 9.53 Å². The van der Waals surface area contributed by atoms with E-state index < -0.39 is 0 Å². The number of carbonyl (C=O) groups excluding carboxylic acids is 1. The van der Waals surface area contributed by atoms with Gasteiger partial charge >= 0.3 is 0 Å². The molecule has 0 saturated heterocycles. The van der Waals surface area contributed by atoms with Crippen LogP contribution in [-0.2, 0) is 0 Å². The molecular weight excluding hydrogens is 384 g/mol. The minimum absolute atomic E-state index is 0.0565. The molecule has 0 N–H and O–H groups in total. The molecule has 0 aliphatic heterocycles. The normalized spacial score (nSPS) is 10.7. The monoisotopic (exact) mass is 394 g/mol. The van der Waals surface area contributed by atoms with Gasteiger partial charge in [0, 0.05) is 5.56 Å². The number of hydrogen-bond acceptors (Lipinski definition) is 2. The number of alkyl halides is 1. The lowest BCUT2D eigenvalue weighted by Gasteiger charge is -2.07. The van der Waals surface area contributed by atoms with E-state index in [1.54, 1.807) is 29.3 Å². The molecule has 0 spiro atoms. The van der Waals surface area contributed by atoms with Gasteiger partial charge in [0.25, 0.3) is 0 Å². The molecule has 2 nitrogen and oxygen atoms in total. The number of ether oxygens (including phenoxy) is 1. The molecule has 2 aromatic rings. The number of halogens is 2. The summed E-state index contributed by atoms with van der Waals surface area (Å²) >= 11 is 6.40. The summed E-state index contributed by atoms with van der Waals surface area (Å²) in [6.07, 6.45) is 1.94. The molecule has 0 bridgehead atoms. The fourth-order valence-corrected chi connectivity index (χ4v) is 2.31. The van der Waals surface area contributed by atoms with Crippen molar-refractivity contribution in [2.45, 2.75) is 0 Å². The Morgan fingerprint density at radius 1 is 1.10 bits per heavy atom. The summed E-state index contributed by atoms with van der Waals surface area (Å²) in [5.74, 6) is 1.52. The van der Waals surface area contributed by atoms with Crippen molar-refractivity contribution in [1.29, 1.82) is 0 Å². The van der Waals surface area contributed by atoms with Gasteiger partial charge in [-0.2, -0.15) is 0 Å². The van der Waals surface area contributed by atoms with Gasteiger partial charge in [-0.1, -0.05) is 44.0 Å². The minimum Gasteiger partial charge on any atom is -0.457 e. The van der Waals surface area contributed by atoms with Crippen molar-refractivity contribution in [1.82, 2.24) is 0 Å². The first-order valence-electron chi connectivity index (χ1n) is 5.97. The Bertz CT molecular complexity index is 619. The Balaban J connectivity index is 2.13. The van der Waals surface area contributed by atoms with E-state index in [0.29, 0.717) is 16.6 Å². The molecule has 0 atom stereocenters. The van der Waals surface area contributed by atoms with Crippen LogP contribution in [-0.4, -0.2) is 11.1 Å². The molecule has 2 aromatic carbocycles. The van der Waals surface area contributed by atoms with Crippen LogP contribution in [0.3, 0.4) is 0 Å². The summed E-state index contributed by atoms with van der Waals surface area (Å²) < 4.78 is 5.76. The summed E-state index contributed by atoms with van der Waals surface area (Å²) in [5, 5.41) is 0.328. The first-order chi connectivity index (χ1) is 9.72. The van der Waals surface area contributed by atoms with Gasteiger partial charge in [-0.25, -0.2) is 0 Å². The molecule has 0 amide bonds. The highest BCUT2D eigenvalue weighted by Gasteiger charge is 2.04. The largest absolute Gasteiger partial charge is 0.457 e. The van der Waals surface area contributed by atoms with Crippen LogP contribution in [0.1, 0.15) is 15.9 Å². The predicted molar refractivity (Wildman–Crippen MR) is 89.0 cm³/mol. The van der Waals surface area contributed by atoms with Crippen LogP contribution in [0, 0.1) is 0 Å². The van der Waals surface area contributed by atoms with Crippen molar-refractivity contribution in [3.05, 3.63) is 64.6 Å². The molecule has 20 heavy (non-hydrogen) atoms.